The van der Waals surface area contributed by atoms with Gasteiger partial charge in [0.2, 0.25) is 5.88 Å². The number of nitrogens with zero attached hydrogens (tertiary/aromatic N) is 3. The van der Waals surface area contributed by atoms with Crippen LogP contribution in [0, 0.1) is 0 Å². The first-order chi connectivity index (χ1) is 11.0. The second kappa shape index (κ2) is 6.82. The SMILES string of the molecule is CC(C)(C)OC(=O)N1CCC(Oc2ccc(C(F)(F)F)nn2)CC1. The van der Waals surface area contributed by atoms with Crippen LogP contribution >= 0.6 is 0 Å². The van der Waals surface area contributed by atoms with E-state index >= 15 is 0 Å². The van der Waals surface area contributed by atoms with Gasteiger partial charge in [-0.25, -0.2) is 4.79 Å². The molecule has 1 aromatic rings. The van der Waals surface area contributed by atoms with E-state index in [9.17, 15) is 18.0 Å². The van der Waals surface area contributed by atoms with E-state index in [1.54, 1.807) is 25.7 Å². The van der Waals surface area contributed by atoms with E-state index in [1.165, 1.54) is 0 Å². The fraction of sp³-hybridized carbons (Fsp3) is 0.667. The van der Waals surface area contributed by atoms with Crippen molar-refractivity contribution in [1.82, 2.24) is 15.1 Å². The van der Waals surface area contributed by atoms with Crippen molar-refractivity contribution in [3.63, 3.8) is 0 Å². The third-order valence-electron chi connectivity index (χ3n) is 3.31. The Morgan fingerprint density at radius 3 is 2.25 bits per heavy atom. The number of piperidine rings is 1. The van der Waals surface area contributed by atoms with Crippen molar-refractivity contribution in [3.8, 4) is 5.88 Å². The second-order valence-electron chi connectivity index (χ2n) is 6.54. The minimum Gasteiger partial charge on any atom is -0.473 e. The van der Waals surface area contributed by atoms with E-state index in [0.717, 1.165) is 12.1 Å². The molecule has 1 fully saturated rings. The molecule has 9 heteroatoms. The van der Waals surface area contributed by atoms with Gasteiger partial charge in [0, 0.05) is 32.0 Å². The van der Waals surface area contributed by atoms with Gasteiger partial charge in [-0.1, -0.05) is 0 Å². The zero-order valence-corrected chi connectivity index (χ0v) is 13.8. The number of carbonyl (C=O) groups excluding carboxylic acids is 1. The van der Waals surface area contributed by atoms with Crippen LogP contribution < -0.4 is 4.74 Å². The first-order valence-electron chi connectivity index (χ1n) is 7.60. The van der Waals surface area contributed by atoms with Gasteiger partial charge in [-0.2, -0.15) is 13.2 Å². The van der Waals surface area contributed by atoms with Gasteiger partial charge in [-0.15, -0.1) is 10.2 Å². The summed E-state index contributed by atoms with van der Waals surface area (Å²) in [6.07, 6.45) is -4.04. The highest BCUT2D eigenvalue weighted by molar-refractivity contribution is 5.68. The number of halogens is 3. The van der Waals surface area contributed by atoms with Crippen LogP contribution in [0.25, 0.3) is 0 Å². The smallest absolute Gasteiger partial charge is 0.435 e. The molecule has 0 N–H and O–H groups in total. The molecule has 1 amide bonds. The monoisotopic (exact) mass is 347 g/mol. The number of aromatic nitrogens is 2. The van der Waals surface area contributed by atoms with Gasteiger partial charge < -0.3 is 14.4 Å². The van der Waals surface area contributed by atoms with Crippen molar-refractivity contribution in [2.45, 2.75) is 51.5 Å². The fourth-order valence-electron chi connectivity index (χ4n) is 2.19. The maximum absolute atomic E-state index is 12.4. The molecule has 1 aliphatic heterocycles. The van der Waals surface area contributed by atoms with E-state index in [4.69, 9.17) is 9.47 Å². The maximum Gasteiger partial charge on any atom is 0.435 e. The lowest BCUT2D eigenvalue weighted by Crippen LogP contribution is -2.44. The Morgan fingerprint density at radius 2 is 1.79 bits per heavy atom. The predicted molar refractivity (Wildman–Crippen MR) is 78.5 cm³/mol. The van der Waals surface area contributed by atoms with Gasteiger partial charge in [0.15, 0.2) is 5.69 Å². The van der Waals surface area contributed by atoms with Gasteiger partial charge in [-0.05, 0) is 26.8 Å². The number of carbonyl (C=O) groups is 1. The average Bonchev–Trinajstić information content (AvgIpc) is 2.46. The number of alkyl halides is 3. The summed E-state index contributed by atoms with van der Waals surface area (Å²) in [5.74, 6) is 0.0405. The van der Waals surface area contributed by atoms with Gasteiger partial charge in [0.05, 0.1) is 0 Å². The molecular formula is C15H20F3N3O3. The zero-order valence-electron chi connectivity index (χ0n) is 13.8. The largest absolute Gasteiger partial charge is 0.473 e. The Labute approximate surface area is 137 Å². The van der Waals surface area contributed by atoms with Crippen molar-refractivity contribution in [2.75, 3.05) is 13.1 Å². The normalized spacial score (nSPS) is 16.8. The van der Waals surface area contributed by atoms with Gasteiger partial charge in [-0.3, -0.25) is 0 Å². The van der Waals surface area contributed by atoms with Crippen LogP contribution in [-0.4, -0.2) is 46.0 Å². The number of likely N-dealkylation sites (tertiary alicyclic amines) is 1. The molecule has 0 radical (unpaired) electrons. The third-order valence-corrected chi connectivity index (χ3v) is 3.31. The number of amides is 1. The highest BCUT2D eigenvalue weighted by Gasteiger charge is 2.33. The molecular weight excluding hydrogens is 327 g/mol. The summed E-state index contributed by atoms with van der Waals surface area (Å²) in [5, 5.41) is 6.56. The molecule has 0 aliphatic carbocycles. The van der Waals surface area contributed by atoms with Crippen LogP contribution in [0.1, 0.15) is 39.3 Å². The van der Waals surface area contributed by atoms with Crippen LogP contribution in [0.4, 0.5) is 18.0 Å². The van der Waals surface area contributed by atoms with Crippen LogP contribution in [0.2, 0.25) is 0 Å². The van der Waals surface area contributed by atoms with Crippen LogP contribution in [-0.2, 0) is 10.9 Å². The molecule has 134 valence electrons. The molecule has 0 spiro atoms. The summed E-state index contributed by atoms with van der Waals surface area (Å²) in [7, 11) is 0. The molecule has 0 aromatic carbocycles. The van der Waals surface area contributed by atoms with Crippen molar-refractivity contribution in [1.29, 1.82) is 0 Å². The van der Waals surface area contributed by atoms with E-state index in [-0.39, 0.29) is 18.1 Å². The lowest BCUT2D eigenvalue weighted by atomic mass is 10.1. The molecule has 1 aromatic heterocycles. The summed E-state index contributed by atoms with van der Waals surface area (Å²) in [4.78, 5) is 13.5. The van der Waals surface area contributed by atoms with Crippen LogP contribution in [0.15, 0.2) is 12.1 Å². The van der Waals surface area contributed by atoms with Crippen LogP contribution in [0.3, 0.4) is 0 Å². The number of rotatable bonds is 2. The number of ether oxygens (including phenoxy) is 2. The summed E-state index contributed by atoms with van der Waals surface area (Å²) in [5.41, 5.74) is -1.62. The van der Waals surface area contributed by atoms with Crippen molar-refractivity contribution < 1.29 is 27.4 Å². The molecule has 2 heterocycles. The predicted octanol–water partition coefficient (Wildman–Crippen LogP) is 3.27. The molecule has 1 aliphatic rings. The summed E-state index contributed by atoms with van der Waals surface area (Å²) in [6, 6.07) is 1.98. The molecule has 2 rings (SSSR count). The Hall–Kier alpha value is -2.06. The molecule has 24 heavy (non-hydrogen) atoms. The summed E-state index contributed by atoms with van der Waals surface area (Å²) >= 11 is 0. The van der Waals surface area contributed by atoms with Crippen LogP contribution in [0.5, 0.6) is 5.88 Å². The summed E-state index contributed by atoms with van der Waals surface area (Å²) in [6.45, 7) is 6.29. The highest BCUT2D eigenvalue weighted by Crippen LogP contribution is 2.28. The summed E-state index contributed by atoms with van der Waals surface area (Å²) < 4.78 is 48.1. The van der Waals surface area contributed by atoms with E-state index in [2.05, 4.69) is 10.2 Å². The molecule has 0 unspecified atom stereocenters. The average molecular weight is 347 g/mol. The Kier molecular flexibility index (Phi) is 5.19. The molecule has 1 saturated heterocycles. The van der Waals surface area contributed by atoms with E-state index in [1.807, 2.05) is 0 Å². The van der Waals surface area contributed by atoms with Crippen molar-refractivity contribution in [3.05, 3.63) is 17.8 Å². The van der Waals surface area contributed by atoms with E-state index < -0.39 is 17.5 Å². The molecule has 0 atom stereocenters. The van der Waals surface area contributed by atoms with E-state index in [0.29, 0.717) is 25.9 Å². The Balaban J connectivity index is 1.84. The Bertz CT molecular complexity index is 562. The third kappa shape index (κ3) is 5.24. The van der Waals surface area contributed by atoms with Crippen molar-refractivity contribution >= 4 is 6.09 Å². The first-order valence-corrected chi connectivity index (χ1v) is 7.60. The standard InChI is InChI=1S/C15H20F3N3O3/c1-14(2,3)24-13(22)21-8-6-10(7-9-21)23-12-5-4-11(19-20-12)15(16,17)18/h4-5,10H,6-9H2,1-3H3. The minimum atomic E-state index is -4.52. The van der Waals surface area contributed by atoms with Crippen molar-refractivity contribution in [2.24, 2.45) is 0 Å². The Morgan fingerprint density at radius 1 is 1.17 bits per heavy atom. The van der Waals surface area contributed by atoms with Gasteiger partial charge >= 0.3 is 12.3 Å². The number of hydrogen-bond donors (Lipinski definition) is 0. The van der Waals surface area contributed by atoms with Gasteiger partial charge in [0.1, 0.15) is 11.7 Å². The fourth-order valence-corrected chi connectivity index (χ4v) is 2.19. The zero-order chi connectivity index (χ0) is 18.0. The first kappa shape index (κ1) is 18.3. The highest BCUT2D eigenvalue weighted by atomic mass is 19.4. The molecule has 0 saturated carbocycles. The topological polar surface area (TPSA) is 64.5 Å². The van der Waals surface area contributed by atoms with Gasteiger partial charge in [0.25, 0.3) is 0 Å². The maximum atomic E-state index is 12.4. The lowest BCUT2D eigenvalue weighted by Gasteiger charge is -2.33. The minimum absolute atomic E-state index is 0.0405. The second-order valence-corrected chi connectivity index (χ2v) is 6.54. The molecule has 6 nitrogen and oxygen atoms in total. The number of hydrogen-bond acceptors (Lipinski definition) is 5. The molecule has 0 bridgehead atoms. The quantitative estimate of drug-likeness (QED) is 0.821. The lowest BCUT2D eigenvalue weighted by molar-refractivity contribution is -0.141.